The van der Waals surface area contributed by atoms with Gasteiger partial charge in [0.15, 0.2) is 0 Å². The highest BCUT2D eigenvalue weighted by Gasteiger charge is 2.37. The number of alkyl halides is 3. The number of benzene rings is 1. The number of rotatable bonds is 4. The van der Waals surface area contributed by atoms with Crippen molar-refractivity contribution in [2.45, 2.75) is 25.4 Å². The number of para-hydroxylation sites is 1. The first kappa shape index (κ1) is 15.9. The van der Waals surface area contributed by atoms with Crippen LogP contribution in [0.2, 0.25) is 0 Å². The molecule has 1 aromatic carbocycles. The Morgan fingerprint density at radius 2 is 1.73 bits per heavy atom. The Hall–Kier alpha value is -2.47. The van der Waals surface area contributed by atoms with Gasteiger partial charge in [0.1, 0.15) is 5.41 Å². The average molecular weight is 305 g/mol. The Labute approximate surface area is 126 Å². The predicted octanol–water partition coefficient (Wildman–Crippen LogP) is 4.10. The zero-order valence-electron chi connectivity index (χ0n) is 12.0. The first-order valence-corrected chi connectivity index (χ1v) is 6.73. The topological polar surface area (TPSA) is 52.5 Å². The summed E-state index contributed by atoms with van der Waals surface area (Å²) in [5, 5.41) is 19.4. The zero-order chi connectivity index (χ0) is 16.4. The molecule has 0 amide bonds. The lowest BCUT2D eigenvalue weighted by Gasteiger charge is -2.19. The van der Waals surface area contributed by atoms with Gasteiger partial charge in [0.25, 0.3) is 0 Å². The van der Waals surface area contributed by atoms with E-state index in [1.54, 1.807) is 19.2 Å². The van der Waals surface area contributed by atoms with E-state index < -0.39 is 24.4 Å². The minimum Gasteiger partial charge on any atom is -0.348 e. The third-order valence-corrected chi connectivity index (χ3v) is 3.80. The third kappa shape index (κ3) is 3.23. The highest BCUT2D eigenvalue weighted by molar-refractivity contribution is 5.81. The molecule has 0 fully saturated rings. The highest BCUT2D eigenvalue weighted by atomic mass is 19.4. The fourth-order valence-corrected chi connectivity index (χ4v) is 2.48. The SMILES string of the molecule is Cn1c(CC(C#N)(C#N)CCC(F)(F)F)cc2ccccc21. The van der Waals surface area contributed by atoms with E-state index in [1.807, 2.05) is 34.9 Å². The summed E-state index contributed by atoms with van der Waals surface area (Å²) in [6.07, 6.45) is -6.07. The molecule has 0 atom stereocenters. The number of hydrogen-bond acceptors (Lipinski definition) is 2. The van der Waals surface area contributed by atoms with Gasteiger partial charge in [-0.3, -0.25) is 0 Å². The second-order valence-electron chi connectivity index (χ2n) is 5.35. The Morgan fingerprint density at radius 1 is 1.09 bits per heavy atom. The lowest BCUT2D eigenvalue weighted by molar-refractivity contribution is -0.138. The molecule has 0 N–H and O–H groups in total. The van der Waals surface area contributed by atoms with Gasteiger partial charge in [0.2, 0.25) is 0 Å². The molecule has 0 aliphatic carbocycles. The van der Waals surface area contributed by atoms with Crippen LogP contribution in [0.15, 0.2) is 30.3 Å². The molecule has 114 valence electrons. The maximum atomic E-state index is 12.4. The second kappa shape index (κ2) is 5.73. The van der Waals surface area contributed by atoms with Gasteiger partial charge >= 0.3 is 6.18 Å². The van der Waals surface area contributed by atoms with Gasteiger partial charge < -0.3 is 4.57 Å². The smallest absolute Gasteiger partial charge is 0.348 e. The van der Waals surface area contributed by atoms with Crippen LogP contribution in [0.4, 0.5) is 13.2 Å². The number of aromatic nitrogens is 1. The number of nitrogens with zero attached hydrogens (tertiary/aromatic N) is 3. The molecule has 0 saturated heterocycles. The number of nitriles is 2. The van der Waals surface area contributed by atoms with Crippen molar-refractivity contribution in [1.29, 1.82) is 10.5 Å². The Balaban J connectivity index is 2.33. The average Bonchev–Trinajstić information content (AvgIpc) is 2.79. The van der Waals surface area contributed by atoms with E-state index in [2.05, 4.69) is 0 Å². The van der Waals surface area contributed by atoms with Crippen LogP contribution in [0, 0.1) is 28.1 Å². The van der Waals surface area contributed by atoms with Crippen molar-refractivity contribution >= 4 is 10.9 Å². The molecule has 6 heteroatoms. The largest absolute Gasteiger partial charge is 0.389 e. The molecule has 2 rings (SSSR count). The molecule has 0 spiro atoms. The van der Waals surface area contributed by atoms with Crippen LogP contribution in [0.1, 0.15) is 18.5 Å². The van der Waals surface area contributed by atoms with E-state index in [-0.39, 0.29) is 6.42 Å². The molecule has 1 aromatic heterocycles. The summed E-state index contributed by atoms with van der Waals surface area (Å²) in [5.74, 6) is 0. The van der Waals surface area contributed by atoms with E-state index >= 15 is 0 Å². The van der Waals surface area contributed by atoms with Crippen LogP contribution in [0.3, 0.4) is 0 Å². The van der Waals surface area contributed by atoms with Crippen LogP contribution >= 0.6 is 0 Å². The molecular formula is C16H14F3N3. The van der Waals surface area contributed by atoms with E-state index in [4.69, 9.17) is 0 Å². The van der Waals surface area contributed by atoms with Crippen molar-refractivity contribution in [3.8, 4) is 12.1 Å². The van der Waals surface area contributed by atoms with E-state index in [0.717, 1.165) is 10.9 Å². The normalized spacial score (nSPS) is 12.1. The van der Waals surface area contributed by atoms with Gasteiger partial charge in [0, 0.05) is 31.1 Å². The van der Waals surface area contributed by atoms with Crippen LogP contribution in [0.5, 0.6) is 0 Å². The third-order valence-electron chi connectivity index (χ3n) is 3.80. The van der Waals surface area contributed by atoms with Crippen LogP contribution < -0.4 is 0 Å². The molecule has 0 radical (unpaired) electrons. The van der Waals surface area contributed by atoms with Gasteiger partial charge in [0.05, 0.1) is 12.1 Å². The van der Waals surface area contributed by atoms with Crippen molar-refractivity contribution in [3.63, 3.8) is 0 Å². The number of fused-ring (bicyclic) bond motifs is 1. The summed E-state index contributed by atoms with van der Waals surface area (Å²) in [5.41, 5.74) is -0.0814. The molecular weight excluding hydrogens is 291 g/mol. The lowest BCUT2D eigenvalue weighted by Crippen LogP contribution is -2.24. The predicted molar refractivity (Wildman–Crippen MR) is 75.6 cm³/mol. The maximum absolute atomic E-state index is 12.4. The molecule has 1 heterocycles. The minimum atomic E-state index is -4.38. The van der Waals surface area contributed by atoms with Gasteiger partial charge in [-0.25, -0.2) is 0 Å². The highest BCUT2D eigenvalue weighted by Crippen LogP contribution is 2.34. The van der Waals surface area contributed by atoms with Gasteiger partial charge in [-0.1, -0.05) is 18.2 Å². The van der Waals surface area contributed by atoms with Crippen LogP contribution in [-0.4, -0.2) is 10.7 Å². The molecule has 0 aliphatic heterocycles. The van der Waals surface area contributed by atoms with E-state index in [9.17, 15) is 23.7 Å². The zero-order valence-corrected chi connectivity index (χ0v) is 12.0. The molecule has 3 nitrogen and oxygen atoms in total. The standard InChI is InChI=1S/C16H14F3N3/c1-22-13(8-12-4-2-3-5-14(12)22)9-15(10-20,11-21)6-7-16(17,18)19/h2-5,8H,6-7,9H2,1H3. The molecule has 2 aromatic rings. The fourth-order valence-electron chi connectivity index (χ4n) is 2.48. The summed E-state index contributed by atoms with van der Waals surface area (Å²) in [4.78, 5) is 0. The summed E-state index contributed by atoms with van der Waals surface area (Å²) in [7, 11) is 1.78. The van der Waals surface area contributed by atoms with Crippen LogP contribution in [-0.2, 0) is 13.5 Å². The van der Waals surface area contributed by atoms with E-state index in [0.29, 0.717) is 5.69 Å². The summed E-state index contributed by atoms with van der Waals surface area (Å²) < 4.78 is 39.1. The van der Waals surface area contributed by atoms with Crippen molar-refractivity contribution in [3.05, 3.63) is 36.0 Å². The van der Waals surface area contributed by atoms with Crippen molar-refractivity contribution in [1.82, 2.24) is 4.57 Å². The van der Waals surface area contributed by atoms with Crippen molar-refractivity contribution in [2.75, 3.05) is 0 Å². The molecule has 0 aliphatic rings. The number of aryl methyl sites for hydroxylation is 1. The van der Waals surface area contributed by atoms with Gasteiger partial charge in [-0.2, -0.15) is 23.7 Å². The van der Waals surface area contributed by atoms with E-state index in [1.165, 1.54) is 0 Å². The maximum Gasteiger partial charge on any atom is 0.389 e. The molecule has 0 saturated carbocycles. The lowest BCUT2D eigenvalue weighted by atomic mass is 9.81. The monoisotopic (exact) mass is 305 g/mol. The van der Waals surface area contributed by atoms with Crippen LogP contribution in [0.25, 0.3) is 10.9 Å². The van der Waals surface area contributed by atoms with Crippen molar-refractivity contribution < 1.29 is 13.2 Å². The Morgan fingerprint density at radius 3 is 2.27 bits per heavy atom. The van der Waals surface area contributed by atoms with Gasteiger partial charge in [-0.15, -0.1) is 0 Å². The fraction of sp³-hybridized carbons (Fsp3) is 0.375. The quantitative estimate of drug-likeness (QED) is 0.854. The summed E-state index contributed by atoms with van der Waals surface area (Å²) in [6, 6.07) is 12.9. The Kier molecular flexibility index (Phi) is 4.14. The first-order chi connectivity index (χ1) is 10.3. The minimum absolute atomic E-state index is 0.0265. The molecule has 0 bridgehead atoms. The molecule has 0 unspecified atom stereocenters. The van der Waals surface area contributed by atoms with Gasteiger partial charge in [-0.05, 0) is 23.9 Å². The Bertz CT molecular complexity index is 746. The summed E-state index contributed by atoms with van der Waals surface area (Å²) >= 11 is 0. The molecule has 22 heavy (non-hydrogen) atoms. The first-order valence-electron chi connectivity index (χ1n) is 6.73. The number of halogens is 3. The second-order valence-corrected chi connectivity index (χ2v) is 5.35. The van der Waals surface area contributed by atoms with Crippen molar-refractivity contribution in [2.24, 2.45) is 12.5 Å². The summed E-state index contributed by atoms with van der Waals surface area (Å²) in [6.45, 7) is 0. The number of hydrogen-bond donors (Lipinski definition) is 0.